The van der Waals surface area contributed by atoms with Crippen LogP contribution in [0, 0.1) is 5.92 Å². The smallest absolute Gasteiger partial charge is 0.358 e. The van der Waals surface area contributed by atoms with Crippen molar-refractivity contribution in [1.82, 2.24) is 10.2 Å². The van der Waals surface area contributed by atoms with E-state index in [1.165, 1.54) is 7.11 Å². The Morgan fingerprint density at radius 3 is 2.58 bits per heavy atom. The minimum absolute atomic E-state index is 0.171. The number of esters is 1. The van der Waals surface area contributed by atoms with Crippen molar-refractivity contribution >= 4 is 11.8 Å². The first-order valence-electron chi connectivity index (χ1n) is 6.34. The van der Waals surface area contributed by atoms with Crippen LogP contribution in [0.25, 0.3) is 0 Å². The number of nitrogens with two attached hydrogens (primary N) is 1. The molecule has 6 nitrogen and oxygen atoms in total. The van der Waals surface area contributed by atoms with E-state index in [0.29, 0.717) is 11.7 Å². The maximum absolute atomic E-state index is 11.2. The predicted octanol–water partition coefficient (Wildman–Crippen LogP) is 1.07. The second-order valence-electron chi connectivity index (χ2n) is 4.89. The molecule has 0 aliphatic heterocycles. The highest BCUT2D eigenvalue weighted by Crippen LogP contribution is 2.10. The first kappa shape index (κ1) is 15.4. The zero-order chi connectivity index (χ0) is 14.4. The van der Waals surface area contributed by atoms with Gasteiger partial charge in [0.2, 0.25) is 0 Å². The first-order valence-corrected chi connectivity index (χ1v) is 6.34. The highest BCUT2D eigenvalue weighted by Gasteiger charge is 2.12. The van der Waals surface area contributed by atoms with Crippen LogP contribution in [0.2, 0.25) is 0 Å². The quantitative estimate of drug-likeness (QED) is 0.776. The molecule has 0 amide bonds. The van der Waals surface area contributed by atoms with Crippen molar-refractivity contribution in [3.63, 3.8) is 0 Å². The monoisotopic (exact) mass is 266 g/mol. The van der Waals surface area contributed by atoms with Crippen molar-refractivity contribution in [3.05, 3.63) is 17.8 Å². The number of rotatable bonds is 6. The molecule has 106 valence electrons. The predicted molar refractivity (Wildman–Crippen MR) is 74.1 cm³/mol. The maximum Gasteiger partial charge on any atom is 0.358 e. The van der Waals surface area contributed by atoms with E-state index in [2.05, 4.69) is 28.8 Å². The Labute approximate surface area is 113 Å². The first-order chi connectivity index (χ1) is 8.95. The molecular formula is C13H22N4O2. The van der Waals surface area contributed by atoms with Crippen molar-refractivity contribution in [2.24, 2.45) is 11.7 Å². The highest BCUT2D eigenvalue weighted by atomic mass is 16.5. The number of hydrogen-bond acceptors (Lipinski definition) is 6. The molecule has 0 spiro atoms. The zero-order valence-corrected chi connectivity index (χ0v) is 12.0. The molecule has 0 aliphatic carbocycles. The van der Waals surface area contributed by atoms with E-state index in [1.807, 2.05) is 11.9 Å². The Bertz CT molecular complexity index is 406. The van der Waals surface area contributed by atoms with E-state index >= 15 is 0 Å². The lowest BCUT2D eigenvalue weighted by Crippen LogP contribution is -2.32. The number of carbonyl (C=O) groups excluding carboxylic acids is 1. The van der Waals surface area contributed by atoms with Gasteiger partial charge in [0.25, 0.3) is 0 Å². The molecule has 0 fully saturated rings. The third kappa shape index (κ3) is 4.48. The summed E-state index contributed by atoms with van der Waals surface area (Å²) in [5, 5.41) is 7.84. The van der Waals surface area contributed by atoms with Crippen LogP contribution < -0.4 is 10.6 Å². The molecule has 1 unspecified atom stereocenters. The lowest BCUT2D eigenvalue weighted by molar-refractivity contribution is 0.0592. The number of aromatic nitrogens is 2. The van der Waals surface area contributed by atoms with Crippen LogP contribution in [-0.4, -0.2) is 42.9 Å². The van der Waals surface area contributed by atoms with Crippen molar-refractivity contribution in [3.8, 4) is 0 Å². The molecule has 1 aromatic rings. The summed E-state index contributed by atoms with van der Waals surface area (Å²) in [6, 6.07) is 3.53. The third-order valence-electron chi connectivity index (χ3n) is 3.09. The number of anilines is 1. The average Bonchev–Trinajstić information content (AvgIpc) is 2.43. The van der Waals surface area contributed by atoms with Crippen LogP contribution in [0.4, 0.5) is 5.82 Å². The van der Waals surface area contributed by atoms with Crippen molar-refractivity contribution < 1.29 is 9.53 Å². The molecule has 19 heavy (non-hydrogen) atoms. The Morgan fingerprint density at radius 1 is 1.42 bits per heavy atom. The van der Waals surface area contributed by atoms with Gasteiger partial charge in [0.05, 0.1) is 7.11 Å². The van der Waals surface area contributed by atoms with E-state index in [4.69, 9.17) is 5.73 Å². The largest absolute Gasteiger partial charge is 0.464 e. The molecule has 2 N–H and O–H groups in total. The lowest BCUT2D eigenvalue weighted by atomic mass is 10.0. The summed E-state index contributed by atoms with van der Waals surface area (Å²) in [5.41, 5.74) is 6.21. The minimum atomic E-state index is -0.483. The minimum Gasteiger partial charge on any atom is -0.464 e. The molecule has 0 saturated carbocycles. The second-order valence-corrected chi connectivity index (χ2v) is 4.89. The third-order valence-corrected chi connectivity index (χ3v) is 3.09. The normalized spacial score (nSPS) is 12.3. The Morgan fingerprint density at radius 2 is 2.11 bits per heavy atom. The van der Waals surface area contributed by atoms with E-state index in [9.17, 15) is 4.79 Å². The van der Waals surface area contributed by atoms with Crippen LogP contribution in [0.5, 0.6) is 0 Å². The van der Waals surface area contributed by atoms with Gasteiger partial charge >= 0.3 is 5.97 Å². The molecular weight excluding hydrogens is 244 g/mol. The summed E-state index contributed by atoms with van der Waals surface area (Å²) in [6.07, 6.45) is 0.884. The molecule has 0 aliphatic rings. The summed E-state index contributed by atoms with van der Waals surface area (Å²) < 4.78 is 4.57. The fraction of sp³-hybridized carbons (Fsp3) is 0.615. The SMILES string of the molecule is COC(=O)c1ccc(N(C)CCC(N)C(C)C)nn1. The second kappa shape index (κ2) is 7.04. The fourth-order valence-corrected chi connectivity index (χ4v) is 1.53. The van der Waals surface area contributed by atoms with E-state index < -0.39 is 5.97 Å². The van der Waals surface area contributed by atoms with Gasteiger partial charge in [-0.25, -0.2) is 4.79 Å². The molecule has 1 heterocycles. The summed E-state index contributed by atoms with van der Waals surface area (Å²) in [5.74, 6) is 0.688. The Kier molecular flexibility index (Phi) is 5.69. The van der Waals surface area contributed by atoms with Crippen molar-refractivity contribution in [2.75, 3.05) is 25.6 Å². The highest BCUT2D eigenvalue weighted by molar-refractivity contribution is 5.86. The van der Waals surface area contributed by atoms with Crippen molar-refractivity contribution in [2.45, 2.75) is 26.3 Å². The van der Waals surface area contributed by atoms with E-state index in [0.717, 1.165) is 13.0 Å². The Balaban J connectivity index is 2.58. The number of nitrogens with zero attached hydrogens (tertiary/aromatic N) is 3. The topological polar surface area (TPSA) is 81.3 Å². The molecule has 0 saturated heterocycles. The van der Waals surface area contributed by atoms with Gasteiger partial charge in [-0.2, -0.15) is 0 Å². The standard InChI is InChI=1S/C13H22N4O2/c1-9(2)10(14)7-8-17(3)12-6-5-11(15-16-12)13(18)19-4/h5-6,9-10H,7-8,14H2,1-4H3. The number of carbonyl (C=O) groups is 1. The van der Waals surface area contributed by atoms with Crippen LogP contribution in [0.1, 0.15) is 30.8 Å². The molecule has 0 aromatic carbocycles. The van der Waals surface area contributed by atoms with Gasteiger partial charge in [0, 0.05) is 19.6 Å². The average molecular weight is 266 g/mol. The zero-order valence-electron chi connectivity index (χ0n) is 12.0. The fourth-order valence-electron chi connectivity index (χ4n) is 1.53. The Hall–Kier alpha value is -1.69. The molecule has 0 radical (unpaired) electrons. The molecule has 6 heteroatoms. The van der Waals surface area contributed by atoms with Crippen LogP contribution in [-0.2, 0) is 4.74 Å². The van der Waals surface area contributed by atoms with Gasteiger partial charge in [-0.15, -0.1) is 10.2 Å². The molecule has 1 rings (SSSR count). The van der Waals surface area contributed by atoms with Gasteiger partial charge in [0.1, 0.15) is 0 Å². The van der Waals surface area contributed by atoms with E-state index in [1.54, 1.807) is 12.1 Å². The molecule has 1 aromatic heterocycles. The van der Waals surface area contributed by atoms with Crippen LogP contribution in [0.15, 0.2) is 12.1 Å². The lowest BCUT2D eigenvalue weighted by Gasteiger charge is -2.21. The summed E-state index contributed by atoms with van der Waals surface area (Å²) in [4.78, 5) is 13.2. The molecule has 0 bridgehead atoms. The van der Waals surface area contributed by atoms with Gasteiger partial charge < -0.3 is 15.4 Å². The summed E-state index contributed by atoms with van der Waals surface area (Å²) >= 11 is 0. The molecule has 1 atom stereocenters. The van der Waals surface area contributed by atoms with Gasteiger partial charge in [0.15, 0.2) is 11.5 Å². The summed E-state index contributed by atoms with van der Waals surface area (Å²) in [6.45, 7) is 5.01. The maximum atomic E-state index is 11.2. The van der Waals surface area contributed by atoms with Crippen LogP contribution >= 0.6 is 0 Å². The van der Waals surface area contributed by atoms with Gasteiger partial charge in [-0.3, -0.25) is 0 Å². The van der Waals surface area contributed by atoms with Gasteiger partial charge in [-0.1, -0.05) is 13.8 Å². The van der Waals surface area contributed by atoms with E-state index in [-0.39, 0.29) is 11.7 Å². The van der Waals surface area contributed by atoms with Crippen LogP contribution in [0.3, 0.4) is 0 Å². The number of methoxy groups -OCH3 is 1. The van der Waals surface area contributed by atoms with Gasteiger partial charge in [-0.05, 0) is 24.5 Å². The number of hydrogen-bond donors (Lipinski definition) is 1. The number of ether oxygens (including phenoxy) is 1. The van der Waals surface area contributed by atoms with Crippen molar-refractivity contribution in [1.29, 1.82) is 0 Å². The summed E-state index contributed by atoms with van der Waals surface area (Å²) in [7, 11) is 3.24.